The molecule has 1 aromatic rings. The van der Waals surface area contributed by atoms with E-state index in [1.807, 2.05) is 11.3 Å². The van der Waals surface area contributed by atoms with Gasteiger partial charge >= 0.3 is 0 Å². The number of rotatable bonds is 1. The van der Waals surface area contributed by atoms with E-state index in [4.69, 9.17) is 0 Å². The summed E-state index contributed by atoms with van der Waals surface area (Å²) in [4.78, 5) is 1.67. The molecule has 0 aliphatic heterocycles. The molecule has 72 valence electrons. The van der Waals surface area contributed by atoms with E-state index in [9.17, 15) is 0 Å². The van der Waals surface area contributed by atoms with Crippen LogP contribution in [0.25, 0.3) is 0 Å². The first-order valence-corrected chi connectivity index (χ1v) is 6.15. The number of fused-ring (bicyclic) bond motifs is 1. The quantitative estimate of drug-likeness (QED) is 0.634. The highest BCUT2D eigenvalue weighted by molar-refractivity contribution is 7.10. The van der Waals surface area contributed by atoms with Gasteiger partial charge in [0, 0.05) is 4.88 Å². The molecule has 0 amide bonds. The van der Waals surface area contributed by atoms with Crippen molar-refractivity contribution >= 4 is 11.3 Å². The summed E-state index contributed by atoms with van der Waals surface area (Å²) in [7, 11) is 0. The molecule has 0 N–H and O–H groups in total. The summed E-state index contributed by atoms with van der Waals surface area (Å²) >= 11 is 1.98. The molecule has 1 unspecified atom stereocenters. The van der Waals surface area contributed by atoms with Gasteiger partial charge in [-0.15, -0.1) is 11.3 Å². The van der Waals surface area contributed by atoms with Crippen LogP contribution in [0.1, 0.15) is 49.1 Å². The summed E-state index contributed by atoms with van der Waals surface area (Å²) in [5, 5.41) is 2.38. The van der Waals surface area contributed by atoms with Gasteiger partial charge < -0.3 is 0 Å². The van der Waals surface area contributed by atoms with Gasteiger partial charge in [-0.25, -0.2) is 0 Å². The van der Waals surface area contributed by atoms with Crippen molar-refractivity contribution in [2.45, 2.75) is 46.0 Å². The molecule has 1 aliphatic rings. The molecule has 1 aliphatic carbocycles. The molecule has 2 rings (SSSR count). The Labute approximate surface area is 85.0 Å². The van der Waals surface area contributed by atoms with Crippen LogP contribution in [0.2, 0.25) is 0 Å². The third-order valence-electron chi connectivity index (χ3n) is 3.06. The van der Waals surface area contributed by atoms with E-state index in [1.165, 1.54) is 19.3 Å². The van der Waals surface area contributed by atoms with E-state index < -0.39 is 0 Å². The predicted molar refractivity (Wildman–Crippen MR) is 59.6 cm³/mol. The standard InChI is InChI=1S/C12H18S/c1-8(2)11-7-13-12-6-9(3)4-5-10(11)12/h7-9H,4-6H2,1-3H3. The summed E-state index contributed by atoms with van der Waals surface area (Å²) in [6, 6.07) is 0. The Bertz CT molecular complexity index is 296. The van der Waals surface area contributed by atoms with E-state index in [0.29, 0.717) is 5.92 Å². The molecule has 1 aromatic heterocycles. The van der Waals surface area contributed by atoms with Crippen LogP contribution in [-0.4, -0.2) is 0 Å². The summed E-state index contributed by atoms with van der Waals surface area (Å²) in [5.74, 6) is 1.62. The summed E-state index contributed by atoms with van der Waals surface area (Å²) in [5.41, 5.74) is 3.31. The fraction of sp³-hybridized carbons (Fsp3) is 0.667. The van der Waals surface area contributed by atoms with Crippen LogP contribution in [-0.2, 0) is 12.8 Å². The van der Waals surface area contributed by atoms with Crippen LogP contribution >= 0.6 is 11.3 Å². The fourth-order valence-corrected chi connectivity index (χ4v) is 3.61. The lowest BCUT2D eigenvalue weighted by Crippen LogP contribution is -2.10. The van der Waals surface area contributed by atoms with Crippen LogP contribution in [0.5, 0.6) is 0 Å². The van der Waals surface area contributed by atoms with E-state index in [1.54, 1.807) is 16.0 Å². The van der Waals surface area contributed by atoms with Crippen LogP contribution in [0.4, 0.5) is 0 Å². The molecule has 0 saturated carbocycles. The molecule has 0 nitrogen and oxygen atoms in total. The van der Waals surface area contributed by atoms with E-state index in [0.717, 1.165) is 5.92 Å². The van der Waals surface area contributed by atoms with Crippen molar-refractivity contribution in [2.75, 3.05) is 0 Å². The molecule has 1 atom stereocenters. The maximum absolute atomic E-state index is 2.38. The minimum absolute atomic E-state index is 0.716. The van der Waals surface area contributed by atoms with E-state index >= 15 is 0 Å². The van der Waals surface area contributed by atoms with Gasteiger partial charge in [-0.05, 0) is 47.6 Å². The molecule has 0 bridgehead atoms. The lowest BCUT2D eigenvalue weighted by Gasteiger charge is -2.19. The molecule has 0 fully saturated rings. The topological polar surface area (TPSA) is 0 Å². The zero-order valence-corrected chi connectivity index (χ0v) is 9.58. The van der Waals surface area contributed by atoms with Gasteiger partial charge in [-0.2, -0.15) is 0 Å². The van der Waals surface area contributed by atoms with E-state index in [-0.39, 0.29) is 0 Å². The maximum atomic E-state index is 2.38. The van der Waals surface area contributed by atoms with Crippen LogP contribution < -0.4 is 0 Å². The molecule has 0 radical (unpaired) electrons. The molecular formula is C12H18S. The third-order valence-corrected chi connectivity index (χ3v) is 4.13. The summed E-state index contributed by atoms with van der Waals surface area (Å²) in [6.45, 7) is 6.98. The largest absolute Gasteiger partial charge is 0.148 e. The van der Waals surface area contributed by atoms with Crippen molar-refractivity contribution in [3.8, 4) is 0 Å². The van der Waals surface area contributed by atoms with E-state index in [2.05, 4.69) is 26.2 Å². The Morgan fingerprint density at radius 1 is 1.46 bits per heavy atom. The molecule has 1 heterocycles. The molecule has 0 aromatic carbocycles. The lowest BCUT2D eigenvalue weighted by atomic mass is 9.86. The Hall–Kier alpha value is -0.300. The van der Waals surface area contributed by atoms with Gasteiger partial charge in [0.1, 0.15) is 0 Å². The Balaban J connectivity index is 2.33. The third kappa shape index (κ3) is 1.67. The number of hydrogen-bond donors (Lipinski definition) is 0. The van der Waals surface area contributed by atoms with Crippen molar-refractivity contribution in [1.29, 1.82) is 0 Å². The van der Waals surface area contributed by atoms with Gasteiger partial charge in [0.2, 0.25) is 0 Å². The average molecular weight is 194 g/mol. The highest BCUT2D eigenvalue weighted by Gasteiger charge is 2.20. The Morgan fingerprint density at radius 3 is 2.92 bits per heavy atom. The molecule has 13 heavy (non-hydrogen) atoms. The van der Waals surface area contributed by atoms with Gasteiger partial charge in [-0.3, -0.25) is 0 Å². The second kappa shape index (κ2) is 3.45. The zero-order chi connectivity index (χ0) is 9.42. The highest BCUT2D eigenvalue weighted by atomic mass is 32.1. The van der Waals surface area contributed by atoms with Crippen molar-refractivity contribution in [1.82, 2.24) is 0 Å². The average Bonchev–Trinajstić information content (AvgIpc) is 2.46. The van der Waals surface area contributed by atoms with Crippen molar-refractivity contribution in [2.24, 2.45) is 5.92 Å². The van der Waals surface area contributed by atoms with Crippen molar-refractivity contribution < 1.29 is 0 Å². The Morgan fingerprint density at radius 2 is 2.23 bits per heavy atom. The molecule has 0 saturated heterocycles. The van der Waals surface area contributed by atoms with Crippen molar-refractivity contribution in [3.05, 3.63) is 21.4 Å². The number of thiophene rings is 1. The van der Waals surface area contributed by atoms with Gasteiger partial charge in [0.05, 0.1) is 0 Å². The minimum Gasteiger partial charge on any atom is -0.148 e. The van der Waals surface area contributed by atoms with Crippen LogP contribution in [0, 0.1) is 5.92 Å². The molecular weight excluding hydrogens is 176 g/mol. The van der Waals surface area contributed by atoms with Crippen molar-refractivity contribution in [3.63, 3.8) is 0 Å². The van der Waals surface area contributed by atoms with Gasteiger partial charge in [0.25, 0.3) is 0 Å². The summed E-state index contributed by atoms with van der Waals surface area (Å²) < 4.78 is 0. The zero-order valence-electron chi connectivity index (χ0n) is 8.76. The van der Waals surface area contributed by atoms with Crippen LogP contribution in [0.3, 0.4) is 0 Å². The maximum Gasteiger partial charge on any atom is 0.00828 e. The first kappa shape index (κ1) is 9.26. The first-order chi connectivity index (χ1) is 6.18. The Kier molecular flexibility index (Phi) is 2.46. The SMILES string of the molecule is CC1CCc2c(C(C)C)csc2C1. The van der Waals surface area contributed by atoms with Gasteiger partial charge in [-0.1, -0.05) is 20.8 Å². The second-order valence-corrected chi connectivity index (χ2v) is 5.56. The predicted octanol–water partition coefficient (Wildman–Crippen LogP) is 4.00. The molecule has 0 spiro atoms. The fourth-order valence-electron chi connectivity index (χ4n) is 2.19. The molecule has 1 heteroatoms. The normalized spacial score (nSPS) is 22.0. The first-order valence-electron chi connectivity index (χ1n) is 5.27. The van der Waals surface area contributed by atoms with Crippen LogP contribution in [0.15, 0.2) is 5.38 Å². The second-order valence-electron chi connectivity index (χ2n) is 4.60. The van der Waals surface area contributed by atoms with Gasteiger partial charge in [0.15, 0.2) is 0 Å². The lowest BCUT2D eigenvalue weighted by molar-refractivity contribution is 0.505. The summed E-state index contributed by atoms with van der Waals surface area (Å²) in [6.07, 6.45) is 4.05. The highest BCUT2D eigenvalue weighted by Crippen LogP contribution is 2.35. The minimum atomic E-state index is 0.716. The monoisotopic (exact) mass is 194 g/mol. The number of hydrogen-bond acceptors (Lipinski definition) is 1. The smallest absolute Gasteiger partial charge is 0.00828 e.